The van der Waals surface area contributed by atoms with Crippen molar-refractivity contribution < 1.29 is 80.2 Å². The molecule has 2 fully saturated rings. The summed E-state index contributed by atoms with van der Waals surface area (Å²) in [6.45, 7) is 14.1. The van der Waals surface area contributed by atoms with E-state index in [-0.39, 0.29) is 50.5 Å². The Balaban J connectivity index is 0.000000420. The number of aryl methyl sites for hydroxylation is 2. The average molecular weight is 1130 g/mol. The zero-order valence-electron chi connectivity index (χ0n) is 46.8. The van der Waals surface area contributed by atoms with Crippen molar-refractivity contribution in [2.75, 3.05) is 13.1 Å². The molecule has 440 valence electrons. The minimum atomic E-state index is -4.32. The van der Waals surface area contributed by atoms with Crippen LogP contribution >= 0.6 is 0 Å². The number of amides is 6. The number of carboxylic acids is 1. The molecular formula is C57H76F4N6O13. The summed E-state index contributed by atoms with van der Waals surface area (Å²) in [6.07, 6.45) is -0.980. The van der Waals surface area contributed by atoms with Gasteiger partial charge in [0.1, 0.15) is 36.4 Å². The van der Waals surface area contributed by atoms with Crippen molar-refractivity contribution in [3.63, 3.8) is 0 Å². The molecule has 2 aliphatic rings. The number of likely N-dealkylation sites (tertiary alicyclic amines) is 2. The van der Waals surface area contributed by atoms with E-state index in [1.54, 1.807) is 88.4 Å². The molecule has 2 saturated heterocycles. The monoisotopic (exact) mass is 1130 g/mol. The Bertz CT molecular complexity index is 2390. The third-order valence-corrected chi connectivity index (χ3v) is 13.7. The van der Waals surface area contributed by atoms with Gasteiger partial charge in [0.2, 0.25) is 58.6 Å². The number of rotatable bonds is 28. The SMILES string of the molecule is CC(=O)CC(=O)N[C@H](C(=O)N1CCCC1C(=O)N[C@H](C(=O)C(F)(F)C(=O)CCc1ccccc1)C(C)C)C(C)C.CC(C)[C@H](NC(=O)CC(=O)O)C(=O)N1CCCC1C(=O)N[C@H](C(=O)C(F)(F)C(=O)CCc1ccccc1)C(C)C. The van der Waals surface area contributed by atoms with Gasteiger partial charge in [-0.05, 0) is 80.2 Å². The molecule has 2 aliphatic heterocycles. The molecule has 2 heterocycles. The van der Waals surface area contributed by atoms with Crippen LogP contribution in [0.3, 0.4) is 0 Å². The highest BCUT2D eigenvalue weighted by molar-refractivity contribution is 6.12. The van der Waals surface area contributed by atoms with E-state index in [1.165, 1.54) is 44.4 Å². The van der Waals surface area contributed by atoms with Gasteiger partial charge in [0.25, 0.3) is 0 Å². The summed E-state index contributed by atoms with van der Waals surface area (Å²) in [5, 5.41) is 18.5. The Labute approximate surface area is 463 Å². The van der Waals surface area contributed by atoms with Crippen LogP contribution in [0.2, 0.25) is 0 Å². The van der Waals surface area contributed by atoms with Crippen LogP contribution in [0.25, 0.3) is 0 Å². The van der Waals surface area contributed by atoms with Gasteiger partial charge in [-0.15, -0.1) is 0 Å². The molecule has 4 rings (SSSR count). The topological polar surface area (TPSA) is 280 Å². The second-order valence-corrected chi connectivity index (χ2v) is 21.6. The lowest BCUT2D eigenvalue weighted by Crippen LogP contribution is -2.59. The number of nitrogens with zero attached hydrogens (tertiary/aromatic N) is 2. The fourth-order valence-electron chi connectivity index (χ4n) is 9.16. The maximum Gasteiger partial charge on any atom is 0.364 e. The van der Waals surface area contributed by atoms with Crippen LogP contribution in [0.4, 0.5) is 17.6 Å². The Morgan fingerprint density at radius 3 is 1.14 bits per heavy atom. The first-order valence-corrected chi connectivity index (χ1v) is 26.8. The molecule has 23 heteroatoms. The summed E-state index contributed by atoms with van der Waals surface area (Å²) in [4.78, 5) is 152. The van der Waals surface area contributed by atoms with Crippen molar-refractivity contribution in [3.8, 4) is 0 Å². The summed E-state index contributed by atoms with van der Waals surface area (Å²) >= 11 is 0. The van der Waals surface area contributed by atoms with E-state index in [9.17, 15) is 75.1 Å². The van der Waals surface area contributed by atoms with Crippen molar-refractivity contribution in [2.24, 2.45) is 23.7 Å². The van der Waals surface area contributed by atoms with E-state index in [4.69, 9.17) is 5.11 Å². The number of carboxylic acid groups (broad SMARTS) is 1. The van der Waals surface area contributed by atoms with Gasteiger partial charge in [-0.3, -0.25) is 57.5 Å². The predicted molar refractivity (Wildman–Crippen MR) is 284 cm³/mol. The fourth-order valence-corrected chi connectivity index (χ4v) is 9.16. The van der Waals surface area contributed by atoms with Crippen LogP contribution in [0.5, 0.6) is 0 Å². The molecule has 0 bridgehead atoms. The van der Waals surface area contributed by atoms with E-state index in [2.05, 4.69) is 21.3 Å². The van der Waals surface area contributed by atoms with Crippen LogP contribution in [-0.4, -0.2) is 146 Å². The van der Waals surface area contributed by atoms with Gasteiger partial charge in [0.15, 0.2) is 0 Å². The second kappa shape index (κ2) is 30.4. The Morgan fingerprint density at radius 2 is 0.838 bits per heavy atom. The lowest BCUT2D eigenvalue weighted by atomic mass is 9.91. The van der Waals surface area contributed by atoms with Gasteiger partial charge >= 0.3 is 17.8 Å². The quantitative estimate of drug-likeness (QED) is 0.0567. The molecular weight excluding hydrogens is 1050 g/mol. The fraction of sp³-hybridized carbons (Fsp3) is 0.579. The highest BCUT2D eigenvalue weighted by atomic mass is 19.3. The summed E-state index contributed by atoms with van der Waals surface area (Å²) in [6, 6.07) is 9.49. The average Bonchev–Trinajstić information content (AvgIpc) is 4.10. The molecule has 0 aliphatic carbocycles. The van der Waals surface area contributed by atoms with Crippen molar-refractivity contribution in [3.05, 3.63) is 71.8 Å². The third kappa shape index (κ3) is 19.0. The zero-order valence-corrected chi connectivity index (χ0v) is 46.8. The lowest BCUT2D eigenvalue weighted by Gasteiger charge is -2.32. The van der Waals surface area contributed by atoms with Gasteiger partial charge in [0.05, 0.1) is 18.5 Å². The van der Waals surface area contributed by atoms with E-state index < -0.39 is 156 Å². The third-order valence-electron chi connectivity index (χ3n) is 13.7. The number of ketones is 5. The molecule has 0 aromatic heterocycles. The standard InChI is InChI=1S/C29H39F2N3O6.C28H37F2N3O7/c1-17(2)24(26(38)29(30,31)22(36)14-13-20-10-7-6-8-11-20)33-27(39)21-12-9-15-34(21)28(40)25(18(3)4)32-23(37)16-19(5)35;1-16(2)23(25(38)28(29,30)20(34)13-12-18-9-6-5-7-10-18)32-26(39)19-11-8-14-33(19)27(40)24(17(3)4)31-21(35)15-22(36)37/h6-8,10-11,17-18,21,24-25H,9,12-16H2,1-5H3,(H,32,37)(H,33,39);5-7,9-10,16-17,19,23-24H,8,11-15H2,1-4H3,(H,31,35)(H,32,39)(H,36,37)/t21?,24-,25-;19?,23-,24-/m00/s1. The van der Waals surface area contributed by atoms with E-state index >= 15 is 0 Å². The number of hydrogen-bond acceptors (Lipinski definition) is 12. The van der Waals surface area contributed by atoms with Gasteiger partial charge in [0, 0.05) is 25.9 Å². The minimum absolute atomic E-state index is 0.0282. The molecule has 2 unspecified atom stereocenters. The number of nitrogens with one attached hydrogen (secondary N) is 4. The largest absolute Gasteiger partial charge is 0.481 e. The number of hydrogen-bond donors (Lipinski definition) is 5. The molecule has 19 nitrogen and oxygen atoms in total. The second-order valence-electron chi connectivity index (χ2n) is 21.6. The molecule has 0 saturated carbocycles. The highest BCUT2D eigenvalue weighted by Gasteiger charge is 2.52. The first kappa shape index (κ1) is 67.1. The normalized spacial score (nSPS) is 16.9. The summed E-state index contributed by atoms with van der Waals surface area (Å²) < 4.78 is 59.9. The summed E-state index contributed by atoms with van der Waals surface area (Å²) in [7, 11) is 0. The van der Waals surface area contributed by atoms with E-state index in [0.717, 1.165) is 0 Å². The van der Waals surface area contributed by atoms with Crippen LogP contribution < -0.4 is 21.3 Å². The maximum absolute atomic E-state index is 15.0. The molecule has 80 heavy (non-hydrogen) atoms. The molecule has 6 atom stereocenters. The molecule has 0 spiro atoms. The predicted octanol–water partition coefficient (Wildman–Crippen LogP) is 4.78. The molecule has 5 N–H and O–H groups in total. The van der Waals surface area contributed by atoms with Gasteiger partial charge < -0.3 is 36.2 Å². The minimum Gasteiger partial charge on any atom is -0.481 e. The van der Waals surface area contributed by atoms with E-state index in [1.807, 2.05) is 0 Å². The highest BCUT2D eigenvalue weighted by Crippen LogP contribution is 2.28. The first-order valence-electron chi connectivity index (χ1n) is 26.8. The van der Waals surface area contributed by atoms with E-state index in [0.29, 0.717) is 24.0 Å². The number of alkyl halides is 4. The number of benzene rings is 2. The Kier molecular flexibility index (Phi) is 25.5. The molecule has 6 amide bonds. The maximum atomic E-state index is 15.0. The Morgan fingerprint density at radius 1 is 0.512 bits per heavy atom. The van der Waals surface area contributed by atoms with Crippen molar-refractivity contribution >= 4 is 70.3 Å². The van der Waals surface area contributed by atoms with Gasteiger partial charge in [-0.1, -0.05) is 116 Å². The summed E-state index contributed by atoms with van der Waals surface area (Å²) in [5.74, 6) is -23.5. The number of carbonyl (C=O) groups excluding carboxylic acids is 11. The Hall–Kier alpha value is -7.20. The van der Waals surface area contributed by atoms with Crippen LogP contribution in [0, 0.1) is 23.7 Å². The van der Waals surface area contributed by atoms with Crippen molar-refractivity contribution in [1.29, 1.82) is 0 Å². The van der Waals surface area contributed by atoms with Gasteiger partial charge in [-0.25, -0.2) is 0 Å². The van der Waals surface area contributed by atoms with Gasteiger partial charge in [-0.2, -0.15) is 17.6 Å². The molecule has 2 aromatic rings. The van der Waals surface area contributed by atoms with Crippen LogP contribution in [0.1, 0.15) is 125 Å². The molecule has 0 radical (unpaired) electrons. The number of halogens is 4. The zero-order chi connectivity index (χ0) is 60.4. The number of aliphatic carboxylic acids is 1. The number of Topliss-reactive ketones (excluding diaryl/α,β-unsaturated/α-hetero) is 5. The number of carbonyl (C=O) groups is 12. The summed E-state index contributed by atoms with van der Waals surface area (Å²) in [5.41, 5.74) is 1.34. The lowest BCUT2D eigenvalue weighted by molar-refractivity contribution is -0.160. The van der Waals surface area contributed by atoms with Crippen molar-refractivity contribution in [1.82, 2.24) is 31.1 Å². The first-order chi connectivity index (χ1) is 37.3. The van der Waals surface area contributed by atoms with Crippen LogP contribution in [0.15, 0.2) is 60.7 Å². The molecule has 2 aromatic carbocycles. The van der Waals surface area contributed by atoms with Crippen LogP contribution in [-0.2, 0) is 70.4 Å². The van der Waals surface area contributed by atoms with Crippen molar-refractivity contribution in [2.45, 2.75) is 175 Å². The smallest absolute Gasteiger partial charge is 0.364 e.